The van der Waals surface area contributed by atoms with Crippen molar-refractivity contribution in [3.63, 3.8) is 0 Å². The highest BCUT2D eigenvalue weighted by Gasteiger charge is 2.23. The SMILES string of the molecule is Cc1n[nH]c(C)c1NC(=O)N[C@@H](CC(=O)O)C(=O)O. The highest BCUT2D eigenvalue weighted by Crippen LogP contribution is 2.15. The number of aromatic amines is 1. The normalized spacial score (nSPS) is 11.7. The summed E-state index contributed by atoms with van der Waals surface area (Å²) in [5.74, 6) is -2.73. The number of aryl methyl sites for hydroxylation is 2. The zero-order chi connectivity index (χ0) is 14.6. The van der Waals surface area contributed by atoms with Crippen LogP contribution in [-0.4, -0.2) is 44.4 Å². The Bertz CT molecular complexity index is 491. The van der Waals surface area contributed by atoms with Crippen molar-refractivity contribution in [2.45, 2.75) is 26.3 Å². The van der Waals surface area contributed by atoms with Gasteiger partial charge in [0.2, 0.25) is 0 Å². The first-order valence-corrected chi connectivity index (χ1v) is 5.35. The topological polar surface area (TPSA) is 144 Å². The number of rotatable bonds is 5. The molecule has 5 N–H and O–H groups in total. The summed E-state index contributed by atoms with van der Waals surface area (Å²) in [5.41, 5.74) is 1.58. The summed E-state index contributed by atoms with van der Waals surface area (Å²) in [6.45, 7) is 3.34. The van der Waals surface area contributed by atoms with Crippen molar-refractivity contribution in [3.05, 3.63) is 11.4 Å². The van der Waals surface area contributed by atoms with Crippen molar-refractivity contribution >= 4 is 23.7 Å². The van der Waals surface area contributed by atoms with Gasteiger partial charge < -0.3 is 20.8 Å². The van der Waals surface area contributed by atoms with Crippen molar-refractivity contribution in [1.82, 2.24) is 15.5 Å². The second-order valence-electron chi connectivity index (χ2n) is 3.90. The number of carboxylic acids is 2. The maximum Gasteiger partial charge on any atom is 0.326 e. The number of amides is 2. The highest BCUT2D eigenvalue weighted by atomic mass is 16.4. The van der Waals surface area contributed by atoms with Crippen LogP contribution in [0, 0.1) is 13.8 Å². The molecule has 1 aromatic rings. The number of anilines is 1. The van der Waals surface area contributed by atoms with Crippen LogP contribution in [0.4, 0.5) is 10.5 Å². The van der Waals surface area contributed by atoms with E-state index in [4.69, 9.17) is 10.2 Å². The van der Waals surface area contributed by atoms with Crippen molar-refractivity contribution in [2.75, 3.05) is 5.32 Å². The molecule has 0 bridgehead atoms. The second kappa shape index (κ2) is 5.85. The van der Waals surface area contributed by atoms with Crippen LogP contribution >= 0.6 is 0 Å². The highest BCUT2D eigenvalue weighted by molar-refractivity contribution is 5.94. The third kappa shape index (κ3) is 3.98. The van der Waals surface area contributed by atoms with Crippen LogP contribution < -0.4 is 10.6 Å². The number of carboxylic acid groups (broad SMARTS) is 2. The summed E-state index contributed by atoms with van der Waals surface area (Å²) in [4.78, 5) is 32.8. The second-order valence-corrected chi connectivity index (χ2v) is 3.90. The van der Waals surface area contributed by atoms with E-state index in [0.717, 1.165) is 0 Å². The number of aromatic nitrogens is 2. The number of carbonyl (C=O) groups excluding carboxylic acids is 1. The van der Waals surface area contributed by atoms with Gasteiger partial charge in [-0.15, -0.1) is 0 Å². The van der Waals surface area contributed by atoms with E-state index in [0.29, 0.717) is 17.1 Å². The molecule has 1 atom stereocenters. The largest absolute Gasteiger partial charge is 0.481 e. The molecule has 9 nitrogen and oxygen atoms in total. The molecule has 1 rings (SSSR count). The summed E-state index contributed by atoms with van der Waals surface area (Å²) in [7, 11) is 0. The maximum absolute atomic E-state index is 11.6. The predicted molar refractivity (Wildman–Crippen MR) is 63.9 cm³/mol. The summed E-state index contributed by atoms with van der Waals surface area (Å²) >= 11 is 0. The molecule has 0 saturated carbocycles. The fourth-order valence-electron chi connectivity index (χ4n) is 1.42. The van der Waals surface area contributed by atoms with Gasteiger partial charge in [0.1, 0.15) is 6.04 Å². The Kier molecular flexibility index (Phi) is 4.46. The first-order chi connectivity index (χ1) is 8.81. The fourth-order valence-corrected chi connectivity index (χ4v) is 1.42. The first-order valence-electron chi connectivity index (χ1n) is 5.35. The maximum atomic E-state index is 11.6. The zero-order valence-corrected chi connectivity index (χ0v) is 10.4. The molecule has 0 saturated heterocycles. The lowest BCUT2D eigenvalue weighted by molar-refractivity contribution is -0.145. The summed E-state index contributed by atoms with van der Waals surface area (Å²) in [5, 5.41) is 28.3. The Morgan fingerprint density at radius 3 is 2.37 bits per heavy atom. The van der Waals surface area contributed by atoms with Gasteiger partial charge in [0.05, 0.1) is 23.5 Å². The van der Waals surface area contributed by atoms with Crippen LogP contribution in [0.3, 0.4) is 0 Å². The fraction of sp³-hybridized carbons (Fsp3) is 0.400. The number of hydrogen-bond acceptors (Lipinski definition) is 4. The summed E-state index contributed by atoms with van der Waals surface area (Å²) < 4.78 is 0. The molecule has 0 aliphatic heterocycles. The molecule has 2 amide bonds. The third-order valence-corrected chi connectivity index (χ3v) is 2.35. The van der Waals surface area contributed by atoms with E-state index < -0.39 is 30.4 Å². The molecule has 19 heavy (non-hydrogen) atoms. The predicted octanol–water partition coefficient (Wildman–Crippen LogP) is 0.0759. The van der Waals surface area contributed by atoms with E-state index in [1.807, 2.05) is 0 Å². The van der Waals surface area contributed by atoms with Crippen LogP contribution in [0.2, 0.25) is 0 Å². The summed E-state index contributed by atoms with van der Waals surface area (Å²) in [6, 6.07) is -2.30. The van der Waals surface area contributed by atoms with E-state index in [1.165, 1.54) is 0 Å². The number of H-pyrrole nitrogens is 1. The van der Waals surface area contributed by atoms with E-state index in [2.05, 4.69) is 20.8 Å². The number of aliphatic carboxylic acids is 2. The number of carbonyl (C=O) groups is 3. The van der Waals surface area contributed by atoms with E-state index in [-0.39, 0.29) is 0 Å². The molecule has 1 aromatic heterocycles. The Morgan fingerprint density at radius 2 is 1.95 bits per heavy atom. The molecule has 0 radical (unpaired) electrons. The Morgan fingerprint density at radius 1 is 1.32 bits per heavy atom. The Labute approximate surface area is 108 Å². The number of hydrogen-bond donors (Lipinski definition) is 5. The van der Waals surface area contributed by atoms with Gasteiger partial charge in [-0.05, 0) is 13.8 Å². The lowest BCUT2D eigenvalue weighted by Crippen LogP contribution is -2.44. The monoisotopic (exact) mass is 270 g/mol. The van der Waals surface area contributed by atoms with Gasteiger partial charge >= 0.3 is 18.0 Å². The molecule has 104 valence electrons. The minimum atomic E-state index is -1.50. The quantitative estimate of drug-likeness (QED) is 0.512. The molecule has 0 aliphatic carbocycles. The number of nitrogens with one attached hydrogen (secondary N) is 3. The standard InChI is InChI=1S/C10H14N4O5/c1-4-8(5(2)14-13-4)12-10(19)11-6(9(17)18)3-7(15)16/h6H,3H2,1-2H3,(H,13,14)(H,15,16)(H,17,18)(H2,11,12,19)/t6-/m0/s1. The van der Waals surface area contributed by atoms with Crippen LogP contribution in [0.5, 0.6) is 0 Å². The van der Waals surface area contributed by atoms with Gasteiger partial charge in [-0.2, -0.15) is 5.10 Å². The molecular formula is C10H14N4O5. The Hall–Kier alpha value is -2.58. The molecule has 9 heteroatoms. The average molecular weight is 270 g/mol. The molecule has 0 spiro atoms. The van der Waals surface area contributed by atoms with Gasteiger partial charge in [0, 0.05) is 0 Å². The molecular weight excluding hydrogens is 256 g/mol. The van der Waals surface area contributed by atoms with Crippen molar-refractivity contribution in [1.29, 1.82) is 0 Å². The molecule has 1 heterocycles. The lowest BCUT2D eigenvalue weighted by Gasteiger charge is -2.13. The van der Waals surface area contributed by atoms with Gasteiger partial charge in [0.25, 0.3) is 0 Å². The van der Waals surface area contributed by atoms with E-state index >= 15 is 0 Å². The van der Waals surface area contributed by atoms with Crippen LogP contribution in [0.15, 0.2) is 0 Å². The molecule has 0 unspecified atom stereocenters. The number of urea groups is 1. The lowest BCUT2D eigenvalue weighted by atomic mass is 10.2. The average Bonchev–Trinajstić information content (AvgIpc) is 2.59. The third-order valence-electron chi connectivity index (χ3n) is 2.35. The zero-order valence-electron chi connectivity index (χ0n) is 10.4. The van der Waals surface area contributed by atoms with Crippen LogP contribution in [0.25, 0.3) is 0 Å². The Balaban J connectivity index is 2.68. The van der Waals surface area contributed by atoms with Gasteiger partial charge in [-0.3, -0.25) is 9.89 Å². The first kappa shape index (κ1) is 14.5. The van der Waals surface area contributed by atoms with Crippen molar-refractivity contribution in [3.8, 4) is 0 Å². The van der Waals surface area contributed by atoms with Crippen LogP contribution in [-0.2, 0) is 9.59 Å². The van der Waals surface area contributed by atoms with Crippen molar-refractivity contribution in [2.24, 2.45) is 0 Å². The minimum absolute atomic E-state index is 0.428. The van der Waals surface area contributed by atoms with Crippen LogP contribution in [0.1, 0.15) is 17.8 Å². The van der Waals surface area contributed by atoms with Gasteiger partial charge in [0.15, 0.2) is 0 Å². The van der Waals surface area contributed by atoms with Gasteiger partial charge in [-0.25, -0.2) is 9.59 Å². The smallest absolute Gasteiger partial charge is 0.326 e. The van der Waals surface area contributed by atoms with Gasteiger partial charge in [-0.1, -0.05) is 0 Å². The van der Waals surface area contributed by atoms with Crippen molar-refractivity contribution < 1.29 is 24.6 Å². The minimum Gasteiger partial charge on any atom is -0.481 e. The molecule has 0 aromatic carbocycles. The van der Waals surface area contributed by atoms with E-state index in [9.17, 15) is 14.4 Å². The molecule has 0 aliphatic rings. The molecule has 0 fully saturated rings. The summed E-state index contributed by atoms with van der Waals surface area (Å²) in [6.07, 6.45) is -0.702. The number of nitrogens with zero attached hydrogens (tertiary/aromatic N) is 1. The van der Waals surface area contributed by atoms with E-state index in [1.54, 1.807) is 13.8 Å².